The molecule has 0 radical (unpaired) electrons. The third-order valence-electron chi connectivity index (χ3n) is 3.12. The summed E-state index contributed by atoms with van der Waals surface area (Å²) in [5.41, 5.74) is 0. The van der Waals surface area contributed by atoms with Crippen molar-refractivity contribution in [1.29, 1.82) is 0 Å². The van der Waals surface area contributed by atoms with Crippen LogP contribution >= 0.6 is 12.0 Å². The standard InChI is InChI=1S/C11H18F2O5S/c12-11(13,19-18-17-15)10(14)16-8-4-7-9-5-2-1-3-6-9/h9,15H,1-8H2. The van der Waals surface area contributed by atoms with Crippen molar-refractivity contribution in [3.63, 3.8) is 0 Å². The van der Waals surface area contributed by atoms with Crippen LogP contribution in [-0.2, 0) is 18.9 Å². The maximum Gasteiger partial charge on any atom is 0.415 e. The van der Waals surface area contributed by atoms with E-state index < -0.39 is 23.3 Å². The van der Waals surface area contributed by atoms with E-state index in [1.54, 1.807) is 0 Å². The molecular weight excluding hydrogens is 282 g/mol. The first-order chi connectivity index (χ1) is 9.06. The van der Waals surface area contributed by atoms with Gasteiger partial charge in [-0.3, -0.25) is 0 Å². The Morgan fingerprint density at radius 1 is 1.32 bits per heavy atom. The van der Waals surface area contributed by atoms with Gasteiger partial charge in [0.25, 0.3) is 0 Å². The molecule has 8 heteroatoms. The molecule has 0 bridgehead atoms. The lowest BCUT2D eigenvalue weighted by Gasteiger charge is -2.21. The van der Waals surface area contributed by atoms with E-state index in [2.05, 4.69) is 14.1 Å². The van der Waals surface area contributed by atoms with E-state index in [1.165, 1.54) is 32.1 Å². The molecule has 1 fully saturated rings. The van der Waals surface area contributed by atoms with Crippen LogP contribution in [0.2, 0.25) is 0 Å². The van der Waals surface area contributed by atoms with Gasteiger partial charge in [-0.05, 0) is 18.8 Å². The van der Waals surface area contributed by atoms with Crippen molar-refractivity contribution in [2.75, 3.05) is 6.61 Å². The highest BCUT2D eigenvalue weighted by Crippen LogP contribution is 2.31. The minimum atomic E-state index is -3.90. The number of hydrogen-bond acceptors (Lipinski definition) is 6. The number of carbonyl (C=O) groups excluding carboxylic acids is 1. The van der Waals surface area contributed by atoms with Crippen molar-refractivity contribution in [1.82, 2.24) is 0 Å². The summed E-state index contributed by atoms with van der Waals surface area (Å²) in [6, 6.07) is 0. The Morgan fingerprint density at radius 2 is 2.00 bits per heavy atom. The summed E-state index contributed by atoms with van der Waals surface area (Å²) in [4.78, 5) is 11.0. The van der Waals surface area contributed by atoms with Gasteiger partial charge in [0.2, 0.25) is 0 Å². The maximum atomic E-state index is 13.0. The molecule has 0 aromatic carbocycles. The van der Waals surface area contributed by atoms with Crippen LogP contribution in [0.5, 0.6) is 0 Å². The number of alkyl halides is 2. The summed E-state index contributed by atoms with van der Waals surface area (Å²) in [7, 11) is 0. The summed E-state index contributed by atoms with van der Waals surface area (Å²) < 4.78 is 33.9. The zero-order valence-corrected chi connectivity index (χ0v) is 11.3. The lowest BCUT2D eigenvalue weighted by Crippen LogP contribution is -2.28. The van der Waals surface area contributed by atoms with Gasteiger partial charge in [-0.2, -0.15) is 8.78 Å². The molecule has 1 aliphatic rings. The van der Waals surface area contributed by atoms with Crippen molar-refractivity contribution in [2.45, 2.75) is 50.2 Å². The molecule has 0 atom stereocenters. The van der Waals surface area contributed by atoms with Crippen LogP contribution in [0.25, 0.3) is 0 Å². The number of halogens is 2. The van der Waals surface area contributed by atoms with Crippen LogP contribution in [-0.4, -0.2) is 23.1 Å². The lowest BCUT2D eigenvalue weighted by molar-refractivity contribution is -0.433. The van der Waals surface area contributed by atoms with Gasteiger partial charge in [-0.15, -0.1) is 4.33 Å². The molecule has 0 amide bonds. The minimum Gasteiger partial charge on any atom is -0.460 e. The molecule has 1 aliphatic carbocycles. The van der Waals surface area contributed by atoms with Crippen molar-refractivity contribution in [2.24, 2.45) is 5.92 Å². The first kappa shape index (κ1) is 16.6. The SMILES string of the molecule is O=C(OCCCC1CCCCC1)C(F)(F)SOOO. The van der Waals surface area contributed by atoms with Gasteiger partial charge in [0.15, 0.2) is 0 Å². The second-order valence-corrected chi connectivity index (χ2v) is 5.34. The fraction of sp³-hybridized carbons (Fsp3) is 0.909. The molecule has 0 spiro atoms. The highest BCUT2D eigenvalue weighted by Gasteiger charge is 2.44. The average Bonchev–Trinajstić information content (AvgIpc) is 2.42. The molecule has 1 saturated carbocycles. The van der Waals surface area contributed by atoms with Crippen molar-refractivity contribution >= 4 is 18.0 Å². The first-order valence-corrected chi connectivity index (χ1v) is 7.01. The highest BCUT2D eigenvalue weighted by atomic mass is 32.2. The van der Waals surface area contributed by atoms with Crippen molar-refractivity contribution in [3.05, 3.63) is 0 Å². The molecular formula is C11H18F2O5S. The summed E-state index contributed by atoms with van der Waals surface area (Å²) in [5, 5.41) is 6.85. The zero-order valence-electron chi connectivity index (χ0n) is 10.5. The van der Waals surface area contributed by atoms with Gasteiger partial charge in [0.1, 0.15) is 12.0 Å². The van der Waals surface area contributed by atoms with E-state index in [9.17, 15) is 13.6 Å². The molecule has 0 heterocycles. The van der Waals surface area contributed by atoms with Crippen LogP contribution < -0.4 is 0 Å². The predicted octanol–water partition coefficient (Wildman–Crippen LogP) is 3.55. The Hall–Kier alpha value is -0.440. The summed E-state index contributed by atoms with van der Waals surface area (Å²) in [6.45, 7) is -0.0362. The Kier molecular flexibility index (Phi) is 7.59. The molecule has 1 rings (SSSR count). The van der Waals surface area contributed by atoms with Gasteiger partial charge >= 0.3 is 11.2 Å². The maximum absolute atomic E-state index is 13.0. The van der Waals surface area contributed by atoms with Gasteiger partial charge in [-0.25, -0.2) is 10.1 Å². The Morgan fingerprint density at radius 3 is 2.63 bits per heavy atom. The van der Waals surface area contributed by atoms with E-state index in [1.807, 2.05) is 0 Å². The fourth-order valence-corrected chi connectivity index (χ4v) is 2.43. The predicted molar refractivity (Wildman–Crippen MR) is 64.1 cm³/mol. The first-order valence-electron chi connectivity index (χ1n) is 6.27. The van der Waals surface area contributed by atoms with Crippen LogP contribution in [0, 0.1) is 5.92 Å². The second kappa shape index (κ2) is 8.68. The number of hydrogen-bond donors (Lipinski definition) is 1. The van der Waals surface area contributed by atoms with E-state index >= 15 is 0 Å². The monoisotopic (exact) mass is 300 g/mol. The Bertz CT molecular complexity index is 272. The Labute approximate surface area is 114 Å². The summed E-state index contributed by atoms with van der Waals surface area (Å²) in [5.74, 6) is -1.08. The molecule has 0 unspecified atom stereocenters. The van der Waals surface area contributed by atoms with Crippen LogP contribution in [0.3, 0.4) is 0 Å². The van der Waals surface area contributed by atoms with Gasteiger partial charge < -0.3 is 4.74 Å². The molecule has 1 N–H and O–H groups in total. The van der Waals surface area contributed by atoms with E-state index in [0.29, 0.717) is 12.3 Å². The smallest absolute Gasteiger partial charge is 0.415 e. The zero-order chi connectivity index (χ0) is 14.1. The highest BCUT2D eigenvalue weighted by molar-refractivity contribution is 7.96. The van der Waals surface area contributed by atoms with Crippen molar-refractivity contribution < 1.29 is 32.9 Å². The molecule has 112 valence electrons. The number of ether oxygens (including phenoxy) is 1. The molecule has 0 saturated heterocycles. The number of esters is 1. The van der Waals surface area contributed by atoms with Gasteiger partial charge in [0, 0.05) is 0 Å². The molecule has 19 heavy (non-hydrogen) atoms. The van der Waals surface area contributed by atoms with Gasteiger partial charge in [0.05, 0.1) is 6.61 Å². The third-order valence-corrected chi connectivity index (χ3v) is 3.63. The topological polar surface area (TPSA) is 65.0 Å². The molecule has 0 aromatic heterocycles. The van der Waals surface area contributed by atoms with Crippen LogP contribution in [0.4, 0.5) is 8.78 Å². The number of carbonyl (C=O) groups is 1. The van der Waals surface area contributed by atoms with E-state index in [4.69, 9.17) is 5.26 Å². The summed E-state index contributed by atoms with van der Waals surface area (Å²) >= 11 is -0.607. The van der Waals surface area contributed by atoms with Crippen molar-refractivity contribution in [3.8, 4) is 0 Å². The number of rotatable bonds is 8. The van der Waals surface area contributed by atoms with Gasteiger partial charge in [-0.1, -0.05) is 37.1 Å². The molecule has 0 aliphatic heterocycles. The quantitative estimate of drug-likeness (QED) is 0.243. The van der Waals surface area contributed by atoms with E-state index in [0.717, 1.165) is 6.42 Å². The molecule has 5 nitrogen and oxygen atoms in total. The second-order valence-electron chi connectivity index (χ2n) is 4.52. The molecule has 0 aromatic rings. The summed E-state index contributed by atoms with van der Waals surface area (Å²) in [6.07, 6.45) is 7.51. The average molecular weight is 300 g/mol. The van der Waals surface area contributed by atoms with Crippen LogP contribution in [0.15, 0.2) is 0 Å². The normalized spacial score (nSPS) is 17.4. The van der Waals surface area contributed by atoms with Crippen LogP contribution in [0.1, 0.15) is 44.9 Å². The third kappa shape index (κ3) is 6.51. The fourth-order valence-electron chi connectivity index (χ4n) is 2.19. The van der Waals surface area contributed by atoms with E-state index in [-0.39, 0.29) is 6.61 Å². The minimum absolute atomic E-state index is 0.0362. The largest absolute Gasteiger partial charge is 0.460 e. The Balaban J connectivity index is 2.12. The lowest BCUT2D eigenvalue weighted by atomic mass is 9.86.